The molecule has 2 N–H and O–H groups in total. The second-order valence-electron chi connectivity index (χ2n) is 3.27. The third-order valence-electron chi connectivity index (χ3n) is 2.26. The van der Waals surface area contributed by atoms with Crippen LogP contribution in [-0.4, -0.2) is 53.4 Å². The van der Waals surface area contributed by atoms with Crippen molar-refractivity contribution in [3.63, 3.8) is 0 Å². The Kier molecular flexibility index (Phi) is 3.15. The quantitative estimate of drug-likeness (QED) is 0.548. The van der Waals surface area contributed by atoms with Crippen LogP contribution in [0.1, 0.15) is 0 Å². The zero-order valence-corrected chi connectivity index (χ0v) is 8.20. The third-order valence-corrected chi connectivity index (χ3v) is 2.26. The van der Waals surface area contributed by atoms with Crippen LogP contribution in [0, 0.1) is 0 Å². The monoisotopic (exact) mass is 209 g/mol. The number of nitrogens with zero attached hydrogens (tertiary/aromatic N) is 3. The Morgan fingerprint density at radius 3 is 2.47 bits per heavy atom. The molecule has 0 radical (unpaired) electrons. The average Bonchev–Trinajstić information content (AvgIpc) is 2.30. The van der Waals surface area contributed by atoms with E-state index in [0.29, 0.717) is 13.2 Å². The molecular formula is C8H12BN3O3. The van der Waals surface area contributed by atoms with Gasteiger partial charge in [-0.05, 0) is 0 Å². The Labute approximate surface area is 87.7 Å². The van der Waals surface area contributed by atoms with Crippen LogP contribution in [0.2, 0.25) is 0 Å². The molecule has 0 atom stereocenters. The molecule has 0 spiro atoms. The average molecular weight is 209 g/mol. The first-order valence-corrected chi connectivity index (χ1v) is 4.78. The largest absolute Gasteiger partial charge is 0.509 e. The number of morpholine rings is 1. The highest BCUT2D eigenvalue weighted by molar-refractivity contribution is 6.57. The van der Waals surface area contributed by atoms with Gasteiger partial charge in [0.2, 0.25) is 0 Å². The number of ether oxygens (including phenoxy) is 1. The number of hydrogen-bond acceptors (Lipinski definition) is 6. The van der Waals surface area contributed by atoms with Gasteiger partial charge in [0.15, 0.2) is 0 Å². The summed E-state index contributed by atoms with van der Waals surface area (Å²) in [6.07, 6.45) is 2.91. The van der Waals surface area contributed by atoms with Gasteiger partial charge in [-0.1, -0.05) is 0 Å². The van der Waals surface area contributed by atoms with E-state index in [2.05, 4.69) is 9.97 Å². The molecule has 1 aromatic rings. The van der Waals surface area contributed by atoms with Gasteiger partial charge < -0.3 is 19.7 Å². The van der Waals surface area contributed by atoms with Crippen molar-refractivity contribution in [3.05, 3.63) is 12.4 Å². The van der Waals surface area contributed by atoms with Crippen molar-refractivity contribution in [2.75, 3.05) is 31.2 Å². The Morgan fingerprint density at radius 2 is 1.93 bits per heavy atom. The molecule has 15 heavy (non-hydrogen) atoms. The molecule has 2 rings (SSSR count). The second-order valence-corrected chi connectivity index (χ2v) is 3.27. The van der Waals surface area contributed by atoms with Gasteiger partial charge in [0, 0.05) is 19.3 Å². The highest BCUT2D eigenvalue weighted by atomic mass is 16.5. The van der Waals surface area contributed by atoms with Crippen LogP contribution < -0.4 is 10.5 Å². The predicted octanol–water partition coefficient (Wildman–Crippen LogP) is -2.01. The lowest BCUT2D eigenvalue weighted by Crippen LogP contribution is -2.38. The number of hydrogen-bond donors (Lipinski definition) is 2. The van der Waals surface area contributed by atoms with Crippen molar-refractivity contribution in [1.82, 2.24) is 9.97 Å². The number of anilines is 1. The molecule has 0 unspecified atom stereocenters. The van der Waals surface area contributed by atoms with Gasteiger partial charge in [-0.15, -0.1) is 0 Å². The van der Waals surface area contributed by atoms with E-state index in [9.17, 15) is 0 Å². The first kappa shape index (κ1) is 10.3. The highest BCUT2D eigenvalue weighted by Crippen LogP contribution is 2.08. The molecule has 2 heterocycles. The van der Waals surface area contributed by atoms with E-state index in [1.54, 1.807) is 6.20 Å². The first-order valence-electron chi connectivity index (χ1n) is 4.78. The predicted molar refractivity (Wildman–Crippen MR) is 54.9 cm³/mol. The van der Waals surface area contributed by atoms with Gasteiger partial charge in [-0.3, -0.25) is 4.98 Å². The minimum absolute atomic E-state index is 0.159. The molecular weight excluding hydrogens is 197 g/mol. The van der Waals surface area contributed by atoms with E-state index < -0.39 is 7.12 Å². The summed E-state index contributed by atoms with van der Waals surface area (Å²) in [5, 5.41) is 17.7. The topological polar surface area (TPSA) is 78.7 Å². The fourth-order valence-corrected chi connectivity index (χ4v) is 1.42. The maximum Gasteiger partial charge on any atom is 0.509 e. The van der Waals surface area contributed by atoms with E-state index in [1.165, 1.54) is 6.20 Å². The molecule has 0 aromatic carbocycles. The molecule has 1 saturated heterocycles. The maximum absolute atomic E-state index is 8.84. The van der Waals surface area contributed by atoms with Crippen LogP contribution in [0.5, 0.6) is 0 Å². The van der Waals surface area contributed by atoms with Crippen LogP contribution in [0.4, 0.5) is 5.82 Å². The zero-order valence-electron chi connectivity index (χ0n) is 8.20. The minimum Gasteiger partial charge on any atom is -0.422 e. The van der Waals surface area contributed by atoms with Crippen LogP contribution in [0.25, 0.3) is 0 Å². The molecule has 1 aliphatic heterocycles. The lowest BCUT2D eigenvalue weighted by atomic mass is 9.87. The van der Waals surface area contributed by atoms with E-state index in [0.717, 1.165) is 18.9 Å². The summed E-state index contributed by atoms with van der Waals surface area (Å²) in [6.45, 7) is 2.95. The highest BCUT2D eigenvalue weighted by Gasteiger charge is 2.16. The number of aromatic nitrogens is 2. The summed E-state index contributed by atoms with van der Waals surface area (Å²) in [5.74, 6) is 0.739. The molecule has 7 heteroatoms. The summed E-state index contributed by atoms with van der Waals surface area (Å²) >= 11 is 0. The first-order chi connectivity index (χ1) is 7.27. The number of rotatable bonds is 2. The zero-order chi connectivity index (χ0) is 10.7. The molecule has 6 nitrogen and oxygen atoms in total. The van der Waals surface area contributed by atoms with Crippen LogP contribution in [0.15, 0.2) is 12.4 Å². The van der Waals surface area contributed by atoms with Crippen molar-refractivity contribution in [1.29, 1.82) is 0 Å². The molecule has 80 valence electrons. The summed E-state index contributed by atoms with van der Waals surface area (Å²) in [6, 6.07) is 0. The van der Waals surface area contributed by atoms with E-state index in [4.69, 9.17) is 14.8 Å². The Balaban J connectivity index is 2.08. The Bertz CT molecular complexity index is 313. The fourth-order valence-electron chi connectivity index (χ4n) is 1.42. The Hall–Kier alpha value is -1.18. The van der Waals surface area contributed by atoms with Gasteiger partial charge in [0.25, 0.3) is 0 Å². The van der Waals surface area contributed by atoms with E-state index in [-0.39, 0.29) is 5.59 Å². The Morgan fingerprint density at radius 1 is 1.20 bits per heavy atom. The summed E-state index contributed by atoms with van der Waals surface area (Å²) in [7, 11) is -1.56. The molecule has 0 saturated carbocycles. The molecule has 0 aliphatic carbocycles. The van der Waals surface area contributed by atoms with Gasteiger partial charge in [-0.25, -0.2) is 4.98 Å². The van der Waals surface area contributed by atoms with Crippen LogP contribution in [0.3, 0.4) is 0 Å². The summed E-state index contributed by atoms with van der Waals surface area (Å²) < 4.78 is 5.21. The smallest absolute Gasteiger partial charge is 0.422 e. The normalized spacial score (nSPS) is 16.5. The van der Waals surface area contributed by atoms with Gasteiger partial charge in [-0.2, -0.15) is 0 Å². The maximum atomic E-state index is 8.84. The van der Waals surface area contributed by atoms with Gasteiger partial charge in [0.1, 0.15) is 5.82 Å². The molecule has 1 fully saturated rings. The van der Waals surface area contributed by atoms with Gasteiger partial charge >= 0.3 is 7.12 Å². The lowest BCUT2D eigenvalue weighted by molar-refractivity contribution is 0.122. The SMILES string of the molecule is OB(O)c1cnc(N2CCOCC2)cn1. The molecule has 1 aliphatic rings. The fraction of sp³-hybridized carbons (Fsp3) is 0.500. The molecule has 0 amide bonds. The summed E-state index contributed by atoms with van der Waals surface area (Å²) in [4.78, 5) is 10.1. The van der Waals surface area contributed by atoms with Crippen LogP contribution >= 0.6 is 0 Å². The van der Waals surface area contributed by atoms with Crippen molar-refractivity contribution < 1.29 is 14.8 Å². The molecule has 1 aromatic heterocycles. The van der Waals surface area contributed by atoms with Gasteiger partial charge in [0.05, 0.1) is 25.0 Å². The summed E-state index contributed by atoms with van der Waals surface area (Å²) in [5.41, 5.74) is 0.159. The molecule has 0 bridgehead atoms. The van der Waals surface area contributed by atoms with Crippen LogP contribution in [-0.2, 0) is 4.74 Å². The van der Waals surface area contributed by atoms with Crippen molar-refractivity contribution in [3.8, 4) is 0 Å². The standard InChI is InChI=1S/C8H12BN3O3/c13-9(14)7-5-11-8(6-10-7)12-1-3-15-4-2-12/h5-6,13-14H,1-4H2. The van der Waals surface area contributed by atoms with E-state index >= 15 is 0 Å². The second kappa shape index (κ2) is 4.56. The minimum atomic E-state index is -1.56. The van der Waals surface area contributed by atoms with Crippen molar-refractivity contribution in [2.24, 2.45) is 0 Å². The third kappa shape index (κ3) is 2.44. The lowest BCUT2D eigenvalue weighted by Gasteiger charge is -2.27. The van der Waals surface area contributed by atoms with Crippen molar-refractivity contribution >= 4 is 18.5 Å². The van der Waals surface area contributed by atoms with E-state index in [1.807, 2.05) is 4.90 Å². The van der Waals surface area contributed by atoms with Crippen molar-refractivity contribution in [2.45, 2.75) is 0 Å².